The SMILES string of the molecule is CCOC(=O)C1CCN(C(=O)C2CCN(c3nc(Cl)nc4nc[nH]c34)CC2)CC1. The number of aromatic nitrogens is 4. The lowest BCUT2D eigenvalue weighted by Crippen LogP contribution is -2.46. The van der Waals surface area contributed by atoms with Crippen molar-refractivity contribution in [1.29, 1.82) is 0 Å². The van der Waals surface area contributed by atoms with E-state index in [1.807, 2.05) is 11.8 Å². The number of halogens is 1. The molecular formula is C19H25ClN6O3. The first kappa shape index (κ1) is 19.9. The van der Waals surface area contributed by atoms with Crippen molar-refractivity contribution in [2.45, 2.75) is 32.6 Å². The van der Waals surface area contributed by atoms with Crippen LogP contribution in [0.3, 0.4) is 0 Å². The predicted octanol–water partition coefficient (Wildman–Crippen LogP) is 2.02. The van der Waals surface area contributed by atoms with Crippen LogP contribution in [-0.4, -0.2) is 69.5 Å². The molecule has 156 valence electrons. The number of carbonyl (C=O) groups is 2. The van der Waals surface area contributed by atoms with Crippen molar-refractivity contribution in [1.82, 2.24) is 24.8 Å². The number of carbonyl (C=O) groups excluding carboxylic acids is 2. The summed E-state index contributed by atoms with van der Waals surface area (Å²) in [6.45, 7) is 4.90. The first-order valence-electron chi connectivity index (χ1n) is 10.1. The summed E-state index contributed by atoms with van der Waals surface area (Å²) in [7, 11) is 0. The molecule has 2 aliphatic rings. The van der Waals surface area contributed by atoms with E-state index in [4.69, 9.17) is 16.3 Å². The molecule has 0 saturated carbocycles. The van der Waals surface area contributed by atoms with E-state index in [1.165, 1.54) is 0 Å². The molecule has 1 N–H and O–H groups in total. The number of ether oxygens (including phenoxy) is 1. The maximum absolute atomic E-state index is 13.0. The molecule has 29 heavy (non-hydrogen) atoms. The zero-order valence-electron chi connectivity index (χ0n) is 16.4. The lowest BCUT2D eigenvalue weighted by atomic mass is 9.92. The molecule has 4 rings (SSSR count). The van der Waals surface area contributed by atoms with Gasteiger partial charge in [-0.1, -0.05) is 0 Å². The Balaban J connectivity index is 1.33. The molecule has 9 nitrogen and oxygen atoms in total. The summed E-state index contributed by atoms with van der Waals surface area (Å²) in [5, 5.41) is 0.169. The van der Waals surface area contributed by atoms with Gasteiger partial charge in [-0.15, -0.1) is 0 Å². The van der Waals surface area contributed by atoms with Crippen LogP contribution in [0, 0.1) is 11.8 Å². The second kappa shape index (κ2) is 8.52. The van der Waals surface area contributed by atoms with Gasteiger partial charge in [0.05, 0.1) is 18.9 Å². The fourth-order valence-corrected chi connectivity index (χ4v) is 4.37. The first-order chi connectivity index (χ1) is 14.1. The Morgan fingerprint density at radius 1 is 1.14 bits per heavy atom. The molecule has 2 aromatic rings. The Labute approximate surface area is 173 Å². The van der Waals surface area contributed by atoms with Gasteiger partial charge in [0.1, 0.15) is 5.52 Å². The number of likely N-dealkylation sites (tertiary alicyclic amines) is 1. The summed E-state index contributed by atoms with van der Waals surface area (Å²) >= 11 is 6.04. The molecule has 2 aromatic heterocycles. The third kappa shape index (κ3) is 4.14. The Morgan fingerprint density at radius 2 is 1.83 bits per heavy atom. The van der Waals surface area contributed by atoms with E-state index in [9.17, 15) is 9.59 Å². The smallest absolute Gasteiger partial charge is 0.309 e. The average molecular weight is 421 g/mol. The minimum Gasteiger partial charge on any atom is -0.466 e. The third-order valence-electron chi connectivity index (χ3n) is 5.81. The molecular weight excluding hydrogens is 396 g/mol. The summed E-state index contributed by atoms with van der Waals surface area (Å²) in [4.78, 5) is 44.6. The highest BCUT2D eigenvalue weighted by atomic mass is 35.5. The molecule has 0 aromatic carbocycles. The number of fused-ring (bicyclic) bond motifs is 1. The quantitative estimate of drug-likeness (QED) is 0.596. The van der Waals surface area contributed by atoms with Crippen molar-refractivity contribution < 1.29 is 14.3 Å². The maximum atomic E-state index is 13.0. The summed E-state index contributed by atoms with van der Waals surface area (Å²) in [5.74, 6) is 0.708. The van der Waals surface area contributed by atoms with Gasteiger partial charge in [0.15, 0.2) is 11.5 Å². The number of imidazole rings is 1. The Bertz CT molecular complexity index is 887. The van der Waals surface area contributed by atoms with Crippen LogP contribution >= 0.6 is 11.6 Å². The highest BCUT2D eigenvalue weighted by Crippen LogP contribution is 2.29. The Kier molecular flexibility index (Phi) is 5.84. The monoisotopic (exact) mass is 420 g/mol. The van der Waals surface area contributed by atoms with Crippen LogP contribution in [0.2, 0.25) is 5.28 Å². The molecule has 0 atom stereocenters. The lowest BCUT2D eigenvalue weighted by Gasteiger charge is -2.37. The van der Waals surface area contributed by atoms with Crippen molar-refractivity contribution in [3.05, 3.63) is 11.6 Å². The Hall–Kier alpha value is -2.42. The first-order valence-corrected chi connectivity index (χ1v) is 10.5. The van der Waals surface area contributed by atoms with Crippen LogP contribution in [0.25, 0.3) is 11.2 Å². The molecule has 2 saturated heterocycles. The van der Waals surface area contributed by atoms with Gasteiger partial charge in [0.25, 0.3) is 0 Å². The molecule has 0 radical (unpaired) electrons. The third-order valence-corrected chi connectivity index (χ3v) is 5.98. The van der Waals surface area contributed by atoms with Gasteiger partial charge in [0.2, 0.25) is 11.2 Å². The number of hydrogen-bond acceptors (Lipinski definition) is 7. The second-order valence-corrected chi connectivity index (χ2v) is 7.87. The lowest BCUT2D eigenvalue weighted by molar-refractivity contribution is -0.151. The Morgan fingerprint density at radius 3 is 2.52 bits per heavy atom. The summed E-state index contributed by atoms with van der Waals surface area (Å²) in [6, 6.07) is 0. The molecule has 2 fully saturated rings. The number of nitrogens with one attached hydrogen (secondary N) is 1. The van der Waals surface area contributed by atoms with E-state index in [0.29, 0.717) is 38.2 Å². The zero-order valence-corrected chi connectivity index (χ0v) is 17.2. The van der Waals surface area contributed by atoms with Gasteiger partial charge in [-0.3, -0.25) is 9.59 Å². The van der Waals surface area contributed by atoms with E-state index >= 15 is 0 Å². The molecule has 0 spiro atoms. The van der Waals surface area contributed by atoms with E-state index in [-0.39, 0.29) is 29.0 Å². The number of hydrogen-bond donors (Lipinski definition) is 1. The predicted molar refractivity (Wildman–Crippen MR) is 108 cm³/mol. The minimum absolute atomic E-state index is 0.0000369. The van der Waals surface area contributed by atoms with Crippen LogP contribution in [0.5, 0.6) is 0 Å². The number of rotatable bonds is 4. The van der Waals surface area contributed by atoms with Crippen LogP contribution < -0.4 is 4.90 Å². The van der Waals surface area contributed by atoms with Crippen LogP contribution in [0.4, 0.5) is 5.82 Å². The molecule has 1 amide bonds. The fourth-order valence-electron chi connectivity index (χ4n) is 4.21. The van der Waals surface area contributed by atoms with Gasteiger partial charge in [-0.25, -0.2) is 4.98 Å². The summed E-state index contributed by atoms with van der Waals surface area (Å²) < 4.78 is 5.11. The van der Waals surface area contributed by atoms with Gasteiger partial charge < -0.3 is 19.5 Å². The molecule has 0 aliphatic carbocycles. The number of anilines is 1. The topological polar surface area (TPSA) is 104 Å². The number of H-pyrrole nitrogens is 1. The van der Waals surface area contributed by atoms with Crippen molar-refractivity contribution in [2.24, 2.45) is 11.8 Å². The van der Waals surface area contributed by atoms with Crippen molar-refractivity contribution in [3.63, 3.8) is 0 Å². The van der Waals surface area contributed by atoms with Gasteiger partial charge in [-0.2, -0.15) is 9.97 Å². The number of amides is 1. The van der Waals surface area contributed by atoms with Crippen LogP contribution in [0.1, 0.15) is 32.6 Å². The number of piperidine rings is 2. The van der Waals surface area contributed by atoms with E-state index < -0.39 is 0 Å². The number of esters is 1. The van der Waals surface area contributed by atoms with Crippen molar-refractivity contribution >= 4 is 40.5 Å². The summed E-state index contributed by atoms with van der Waals surface area (Å²) in [5.41, 5.74) is 1.31. The van der Waals surface area contributed by atoms with Crippen molar-refractivity contribution in [2.75, 3.05) is 37.7 Å². The molecule has 10 heteroatoms. The van der Waals surface area contributed by atoms with Crippen molar-refractivity contribution in [3.8, 4) is 0 Å². The van der Waals surface area contributed by atoms with Crippen LogP contribution in [-0.2, 0) is 14.3 Å². The number of nitrogens with zero attached hydrogens (tertiary/aromatic N) is 5. The van der Waals surface area contributed by atoms with Crippen LogP contribution in [0.15, 0.2) is 6.33 Å². The zero-order chi connectivity index (χ0) is 20.4. The van der Waals surface area contributed by atoms with Gasteiger partial charge in [-0.05, 0) is 44.2 Å². The largest absolute Gasteiger partial charge is 0.466 e. The average Bonchev–Trinajstić information content (AvgIpc) is 3.21. The summed E-state index contributed by atoms with van der Waals surface area (Å²) in [6.07, 6.45) is 4.46. The molecule has 0 bridgehead atoms. The van der Waals surface area contributed by atoms with Gasteiger partial charge in [0, 0.05) is 32.1 Å². The molecule has 0 unspecified atom stereocenters. The van der Waals surface area contributed by atoms with E-state index in [2.05, 4.69) is 24.8 Å². The second-order valence-electron chi connectivity index (χ2n) is 7.53. The minimum atomic E-state index is -0.137. The fraction of sp³-hybridized carbons (Fsp3) is 0.632. The van der Waals surface area contributed by atoms with E-state index in [0.717, 1.165) is 37.3 Å². The standard InChI is InChI=1S/C19H25ClN6O3/c1-2-29-18(28)13-5-9-26(10-6-13)17(27)12-3-7-25(8-4-12)16-14-15(22-11-21-14)23-19(20)24-16/h11-13H,2-10H2,1H3,(H,21,22,23,24). The number of aromatic amines is 1. The molecule has 2 aliphatic heterocycles. The highest BCUT2D eigenvalue weighted by Gasteiger charge is 2.33. The maximum Gasteiger partial charge on any atom is 0.309 e. The molecule has 4 heterocycles. The normalized spacial score (nSPS) is 19.0. The van der Waals surface area contributed by atoms with Gasteiger partial charge >= 0.3 is 5.97 Å². The van der Waals surface area contributed by atoms with E-state index in [1.54, 1.807) is 6.33 Å². The highest BCUT2D eigenvalue weighted by molar-refractivity contribution is 6.28.